The van der Waals surface area contributed by atoms with Gasteiger partial charge >= 0.3 is 5.97 Å². The zero-order valence-corrected chi connectivity index (χ0v) is 10.3. The smallest absolute Gasteiger partial charge is 0.335 e. The van der Waals surface area contributed by atoms with E-state index in [-0.39, 0.29) is 11.3 Å². The highest BCUT2D eigenvalue weighted by atomic mass is 19.1. The Balaban J connectivity index is 2.37. The maximum absolute atomic E-state index is 13.7. The minimum Gasteiger partial charge on any atom is -0.478 e. The average Bonchev–Trinajstić information content (AvgIpc) is 2.34. The maximum atomic E-state index is 13.7. The molecule has 0 spiro atoms. The fourth-order valence-corrected chi connectivity index (χ4v) is 1.66. The van der Waals surface area contributed by atoms with Crippen LogP contribution in [-0.4, -0.2) is 11.1 Å². The Morgan fingerprint density at radius 2 is 1.95 bits per heavy atom. The van der Waals surface area contributed by atoms with Crippen LogP contribution in [0, 0.1) is 12.7 Å². The van der Waals surface area contributed by atoms with E-state index >= 15 is 0 Å². The molecule has 0 saturated heterocycles. The molecular weight excluding hydrogens is 247 g/mol. The van der Waals surface area contributed by atoms with Gasteiger partial charge in [0.2, 0.25) is 0 Å². The van der Waals surface area contributed by atoms with Gasteiger partial charge in [-0.2, -0.15) is 0 Å². The molecule has 0 aliphatic heterocycles. The van der Waals surface area contributed by atoms with Crippen LogP contribution < -0.4 is 11.1 Å². The van der Waals surface area contributed by atoms with Crippen molar-refractivity contribution in [2.45, 2.75) is 6.92 Å². The number of aromatic carboxylic acids is 1. The van der Waals surface area contributed by atoms with Gasteiger partial charge in [-0.3, -0.25) is 0 Å². The fraction of sp³-hybridized carbons (Fsp3) is 0.0714. The van der Waals surface area contributed by atoms with Crippen LogP contribution in [-0.2, 0) is 0 Å². The second kappa shape index (κ2) is 4.97. The SMILES string of the molecule is Cc1ccc(Nc2cc(C(=O)O)ccc2N)c(F)c1. The molecule has 2 aromatic carbocycles. The summed E-state index contributed by atoms with van der Waals surface area (Å²) < 4.78 is 13.7. The Morgan fingerprint density at radius 1 is 1.21 bits per heavy atom. The van der Waals surface area contributed by atoms with E-state index in [9.17, 15) is 9.18 Å². The van der Waals surface area contributed by atoms with Crippen molar-refractivity contribution in [2.75, 3.05) is 11.1 Å². The molecule has 0 radical (unpaired) electrons. The number of aryl methyl sites for hydroxylation is 1. The van der Waals surface area contributed by atoms with Crippen molar-refractivity contribution in [1.82, 2.24) is 0 Å². The molecule has 0 heterocycles. The van der Waals surface area contributed by atoms with Crippen molar-refractivity contribution in [3.05, 3.63) is 53.3 Å². The zero-order chi connectivity index (χ0) is 14.0. The molecule has 19 heavy (non-hydrogen) atoms. The maximum Gasteiger partial charge on any atom is 0.335 e. The second-order valence-corrected chi connectivity index (χ2v) is 4.22. The molecule has 98 valence electrons. The molecule has 0 unspecified atom stereocenters. The summed E-state index contributed by atoms with van der Waals surface area (Å²) >= 11 is 0. The number of carboxylic acid groups (broad SMARTS) is 1. The van der Waals surface area contributed by atoms with Gasteiger partial charge in [0, 0.05) is 0 Å². The van der Waals surface area contributed by atoms with E-state index in [0.29, 0.717) is 11.4 Å². The first kappa shape index (κ1) is 12.9. The average molecular weight is 260 g/mol. The Kier molecular flexibility index (Phi) is 3.37. The van der Waals surface area contributed by atoms with E-state index in [2.05, 4.69) is 5.32 Å². The van der Waals surface area contributed by atoms with Crippen molar-refractivity contribution in [3.8, 4) is 0 Å². The third-order valence-electron chi connectivity index (χ3n) is 2.69. The fourth-order valence-electron chi connectivity index (χ4n) is 1.66. The summed E-state index contributed by atoms with van der Waals surface area (Å²) in [5.74, 6) is -1.48. The Morgan fingerprint density at radius 3 is 2.58 bits per heavy atom. The Labute approximate surface area is 109 Å². The summed E-state index contributed by atoms with van der Waals surface area (Å²) in [7, 11) is 0. The number of anilines is 3. The van der Waals surface area contributed by atoms with Crippen molar-refractivity contribution in [3.63, 3.8) is 0 Å². The van der Waals surface area contributed by atoms with Crippen LogP contribution >= 0.6 is 0 Å². The summed E-state index contributed by atoms with van der Waals surface area (Å²) in [5, 5.41) is 11.7. The molecule has 2 rings (SSSR count). The molecule has 4 nitrogen and oxygen atoms in total. The van der Waals surface area contributed by atoms with Gasteiger partial charge in [-0.05, 0) is 42.8 Å². The standard InChI is InChI=1S/C14H13FN2O2/c1-8-2-5-12(10(15)6-8)17-13-7-9(14(18)19)3-4-11(13)16/h2-7,17H,16H2,1H3,(H,18,19). The van der Waals surface area contributed by atoms with E-state index in [0.717, 1.165) is 5.56 Å². The van der Waals surface area contributed by atoms with Gasteiger partial charge in [0.05, 0.1) is 22.6 Å². The monoisotopic (exact) mass is 260 g/mol. The first-order valence-corrected chi connectivity index (χ1v) is 5.63. The summed E-state index contributed by atoms with van der Waals surface area (Å²) in [4.78, 5) is 10.9. The quantitative estimate of drug-likeness (QED) is 0.741. The number of benzene rings is 2. The van der Waals surface area contributed by atoms with Crippen LogP contribution in [0.2, 0.25) is 0 Å². The largest absolute Gasteiger partial charge is 0.478 e. The minimum absolute atomic E-state index is 0.0872. The molecule has 0 aliphatic carbocycles. The number of nitrogens with two attached hydrogens (primary N) is 1. The number of nitrogen functional groups attached to an aromatic ring is 1. The van der Waals surface area contributed by atoms with Crippen molar-refractivity contribution >= 4 is 23.0 Å². The number of rotatable bonds is 3. The number of carboxylic acids is 1. The van der Waals surface area contributed by atoms with E-state index < -0.39 is 11.8 Å². The van der Waals surface area contributed by atoms with Crippen molar-refractivity contribution in [2.24, 2.45) is 0 Å². The molecule has 0 saturated carbocycles. The van der Waals surface area contributed by atoms with Gasteiger partial charge in [0.1, 0.15) is 5.82 Å². The van der Waals surface area contributed by atoms with E-state index in [4.69, 9.17) is 10.8 Å². The number of hydrogen-bond donors (Lipinski definition) is 3. The predicted molar refractivity (Wildman–Crippen MR) is 72.2 cm³/mol. The van der Waals surface area contributed by atoms with Crippen LogP contribution in [0.1, 0.15) is 15.9 Å². The van der Waals surface area contributed by atoms with Crippen LogP contribution in [0.25, 0.3) is 0 Å². The molecule has 0 aromatic heterocycles. The third kappa shape index (κ3) is 2.82. The first-order chi connectivity index (χ1) is 8.97. The van der Waals surface area contributed by atoms with Gasteiger partial charge in [-0.25, -0.2) is 9.18 Å². The molecule has 0 aliphatic rings. The van der Waals surface area contributed by atoms with E-state index in [1.165, 1.54) is 24.3 Å². The lowest BCUT2D eigenvalue weighted by atomic mass is 10.1. The first-order valence-electron chi connectivity index (χ1n) is 5.63. The number of halogens is 1. The highest BCUT2D eigenvalue weighted by Gasteiger charge is 2.09. The van der Waals surface area contributed by atoms with Gasteiger partial charge in [0.25, 0.3) is 0 Å². The molecule has 0 atom stereocenters. The molecule has 4 N–H and O–H groups in total. The molecule has 2 aromatic rings. The highest BCUT2D eigenvalue weighted by molar-refractivity contribution is 5.91. The lowest BCUT2D eigenvalue weighted by molar-refractivity contribution is 0.0697. The molecule has 0 bridgehead atoms. The normalized spacial score (nSPS) is 10.2. The topological polar surface area (TPSA) is 75.3 Å². The lowest BCUT2D eigenvalue weighted by Crippen LogP contribution is -2.02. The van der Waals surface area contributed by atoms with Crippen LogP contribution in [0.5, 0.6) is 0 Å². The molecule has 5 heteroatoms. The molecule has 0 amide bonds. The van der Waals surface area contributed by atoms with E-state index in [1.807, 2.05) is 0 Å². The third-order valence-corrected chi connectivity index (χ3v) is 2.69. The summed E-state index contributed by atoms with van der Waals surface area (Å²) in [5.41, 5.74) is 7.59. The van der Waals surface area contributed by atoms with Crippen LogP contribution in [0.3, 0.4) is 0 Å². The Hall–Kier alpha value is -2.56. The van der Waals surface area contributed by atoms with Gasteiger partial charge in [0.15, 0.2) is 0 Å². The number of hydrogen-bond acceptors (Lipinski definition) is 3. The van der Waals surface area contributed by atoms with Gasteiger partial charge in [-0.15, -0.1) is 0 Å². The number of nitrogens with one attached hydrogen (secondary N) is 1. The Bertz CT molecular complexity index is 641. The van der Waals surface area contributed by atoms with E-state index in [1.54, 1.807) is 19.1 Å². The van der Waals surface area contributed by atoms with Crippen LogP contribution in [0.15, 0.2) is 36.4 Å². The summed E-state index contributed by atoms with van der Waals surface area (Å²) in [6, 6.07) is 8.96. The van der Waals surface area contributed by atoms with Gasteiger partial charge in [-0.1, -0.05) is 6.07 Å². The summed E-state index contributed by atoms with van der Waals surface area (Å²) in [6.07, 6.45) is 0. The number of carbonyl (C=O) groups is 1. The predicted octanol–water partition coefficient (Wildman–Crippen LogP) is 3.16. The second-order valence-electron chi connectivity index (χ2n) is 4.22. The molecular formula is C14H13FN2O2. The van der Waals surface area contributed by atoms with Crippen LogP contribution in [0.4, 0.5) is 21.5 Å². The lowest BCUT2D eigenvalue weighted by Gasteiger charge is -2.11. The van der Waals surface area contributed by atoms with Crippen molar-refractivity contribution in [1.29, 1.82) is 0 Å². The zero-order valence-electron chi connectivity index (χ0n) is 10.3. The molecule has 0 fully saturated rings. The minimum atomic E-state index is -1.06. The van der Waals surface area contributed by atoms with Gasteiger partial charge < -0.3 is 16.2 Å². The highest BCUT2D eigenvalue weighted by Crippen LogP contribution is 2.26. The summed E-state index contributed by atoms with van der Waals surface area (Å²) in [6.45, 7) is 1.78. The van der Waals surface area contributed by atoms with Crippen molar-refractivity contribution < 1.29 is 14.3 Å².